The number of rotatable bonds is 9. The molecule has 0 aliphatic carbocycles. The molecule has 11 heteroatoms. The van der Waals surface area contributed by atoms with Gasteiger partial charge in [-0.3, -0.25) is 14.9 Å². The van der Waals surface area contributed by atoms with Gasteiger partial charge in [0.25, 0.3) is 11.6 Å². The van der Waals surface area contributed by atoms with E-state index >= 15 is 0 Å². The highest BCUT2D eigenvalue weighted by Crippen LogP contribution is 2.21. The molecule has 0 fully saturated rings. The number of halogens is 1. The number of non-ortho nitro benzene ring substituents is 1. The minimum Gasteiger partial charge on any atom is -0.410 e. The van der Waals surface area contributed by atoms with Crippen molar-refractivity contribution in [1.82, 2.24) is 5.32 Å². The van der Waals surface area contributed by atoms with Gasteiger partial charge in [-0.15, -0.1) is 0 Å². The lowest BCUT2D eigenvalue weighted by Gasteiger charge is -2.21. The summed E-state index contributed by atoms with van der Waals surface area (Å²) in [6, 6.07) is 15.2. The molecule has 1 unspecified atom stereocenters. The number of hydrogen-bond acceptors (Lipinski definition) is 6. The van der Waals surface area contributed by atoms with Crippen molar-refractivity contribution in [3.8, 4) is 5.75 Å². The molecule has 37 heavy (non-hydrogen) atoms. The molecule has 0 spiro atoms. The number of amides is 2. The molecule has 0 aromatic heterocycles. The van der Waals surface area contributed by atoms with Crippen LogP contribution in [-0.4, -0.2) is 32.1 Å². The molecule has 0 saturated carbocycles. The maximum Gasteiger partial charge on any atom is 0.413 e. The standard InChI is InChI=1S/C26H28FN3O6Si/c1-35-16-17-5-7-18(8-6-17)24(29-26(32)36-21-12-10-20(11-13-21)30(33)34)25(31)28-19-9-14-23(22(27)15-19)37(2,3)4/h5-15,24H,16H2,1-4H3,(H,28,31)(H,29,32). The van der Waals surface area contributed by atoms with Crippen LogP contribution in [0.15, 0.2) is 66.7 Å². The van der Waals surface area contributed by atoms with Crippen LogP contribution >= 0.6 is 0 Å². The molecule has 1 atom stereocenters. The van der Waals surface area contributed by atoms with Gasteiger partial charge in [-0.05, 0) is 40.6 Å². The van der Waals surface area contributed by atoms with Crippen LogP contribution in [0.3, 0.4) is 0 Å². The van der Waals surface area contributed by atoms with Crippen LogP contribution in [0.4, 0.5) is 20.6 Å². The van der Waals surface area contributed by atoms with Crippen molar-refractivity contribution >= 4 is 36.6 Å². The molecule has 0 aliphatic heterocycles. The second-order valence-electron chi connectivity index (χ2n) is 9.33. The monoisotopic (exact) mass is 525 g/mol. The zero-order chi connectivity index (χ0) is 27.2. The van der Waals surface area contributed by atoms with E-state index in [1.807, 2.05) is 19.6 Å². The average molecular weight is 526 g/mol. The van der Waals surface area contributed by atoms with E-state index in [0.29, 0.717) is 17.4 Å². The number of nitro benzene ring substituents is 1. The molecule has 0 radical (unpaired) electrons. The van der Waals surface area contributed by atoms with E-state index in [1.165, 1.54) is 30.3 Å². The highest BCUT2D eigenvalue weighted by atomic mass is 28.3. The van der Waals surface area contributed by atoms with E-state index in [2.05, 4.69) is 10.6 Å². The Kier molecular flexibility index (Phi) is 8.74. The Hall–Kier alpha value is -4.09. The molecule has 2 N–H and O–H groups in total. The fraction of sp³-hybridized carbons (Fsp3) is 0.231. The summed E-state index contributed by atoms with van der Waals surface area (Å²) in [6.07, 6.45) is -0.949. The third-order valence-corrected chi connectivity index (χ3v) is 7.47. The van der Waals surface area contributed by atoms with Gasteiger partial charge >= 0.3 is 6.09 Å². The number of methoxy groups -OCH3 is 1. The Morgan fingerprint density at radius 2 is 1.68 bits per heavy atom. The lowest BCUT2D eigenvalue weighted by molar-refractivity contribution is -0.384. The van der Waals surface area contributed by atoms with Gasteiger partial charge in [0.2, 0.25) is 0 Å². The van der Waals surface area contributed by atoms with Gasteiger partial charge in [0, 0.05) is 24.9 Å². The van der Waals surface area contributed by atoms with Crippen LogP contribution in [0.2, 0.25) is 19.6 Å². The lowest BCUT2D eigenvalue weighted by Crippen LogP contribution is -2.40. The number of nitro groups is 1. The zero-order valence-electron chi connectivity index (χ0n) is 20.9. The first-order valence-corrected chi connectivity index (χ1v) is 14.9. The highest BCUT2D eigenvalue weighted by Gasteiger charge is 2.26. The summed E-state index contributed by atoms with van der Waals surface area (Å²) in [7, 11) is -0.343. The highest BCUT2D eigenvalue weighted by molar-refractivity contribution is 6.88. The first-order valence-electron chi connectivity index (χ1n) is 11.4. The van der Waals surface area contributed by atoms with Gasteiger partial charge < -0.3 is 20.1 Å². The normalized spacial score (nSPS) is 11.9. The van der Waals surface area contributed by atoms with E-state index in [0.717, 1.165) is 5.56 Å². The topological polar surface area (TPSA) is 120 Å². The number of hydrogen-bond donors (Lipinski definition) is 2. The van der Waals surface area contributed by atoms with Crippen molar-refractivity contribution in [3.05, 3.63) is 93.8 Å². The van der Waals surface area contributed by atoms with E-state index in [9.17, 15) is 24.1 Å². The number of carbonyl (C=O) groups excluding carboxylic acids is 2. The quantitative estimate of drug-likeness (QED) is 0.233. The molecule has 3 aromatic rings. The van der Waals surface area contributed by atoms with Crippen LogP contribution in [0, 0.1) is 15.9 Å². The summed E-state index contributed by atoms with van der Waals surface area (Å²) in [4.78, 5) is 36.1. The molecule has 0 heterocycles. The summed E-state index contributed by atoms with van der Waals surface area (Å²) >= 11 is 0. The van der Waals surface area contributed by atoms with Crippen molar-refractivity contribution in [2.75, 3.05) is 12.4 Å². The number of benzene rings is 3. The number of carbonyl (C=O) groups is 2. The van der Waals surface area contributed by atoms with Gasteiger partial charge in [0.05, 0.1) is 19.6 Å². The number of nitrogens with zero attached hydrogens (tertiary/aromatic N) is 1. The Morgan fingerprint density at radius 1 is 1.03 bits per heavy atom. The lowest BCUT2D eigenvalue weighted by atomic mass is 10.0. The molecule has 0 bridgehead atoms. The Labute approximate surface area is 214 Å². The Morgan fingerprint density at radius 3 is 2.22 bits per heavy atom. The molecule has 9 nitrogen and oxygen atoms in total. The van der Waals surface area contributed by atoms with Gasteiger partial charge in [-0.25, -0.2) is 9.18 Å². The van der Waals surface area contributed by atoms with Crippen molar-refractivity contribution in [3.63, 3.8) is 0 Å². The summed E-state index contributed by atoms with van der Waals surface area (Å²) in [5.41, 5.74) is 1.41. The van der Waals surface area contributed by atoms with Crippen LogP contribution < -0.4 is 20.6 Å². The molecule has 3 rings (SSSR count). The molecule has 0 aliphatic rings. The number of nitrogens with one attached hydrogen (secondary N) is 2. The molecule has 3 aromatic carbocycles. The zero-order valence-corrected chi connectivity index (χ0v) is 21.9. The average Bonchev–Trinajstić information content (AvgIpc) is 2.83. The predicted molar refractivity (Wildman–Crippen MR) is 140 cm³/mol. The van der Waals surface area contributed by atoms with Crippen LogP contribution in [0.5, 0.6) is 5.75 Å². The maximum atomic E-state index is 14.7. The van der Waals surface area contributed by atoms with Gasteiger partial charge in [-0.1, -0.05) is 50.0 Å². The van der Waals surface area contributed by atoms with Crippen LogP contribution in [-0.2, 0) is 16.1 Å². The third kappa shape index (κ3) is 7.45. The molecule has 2 amide bonds. The largest absolute Gasteiger partial charge is 0.413 e. The van der Waals surface area contributed by atoms with Crippen molar-refractivity contribution in [1.29, 1.82) is 0 Å². The van der Waals surface area contributed by atoms with Gasteiger partial charge in [0.1, 0.15) is 17.6 Å². The maximum absolute atomic E-state index is 14.7. The van der Waals surface area contributed by atoms with E-state index in [4.69, 9.17) is 9.47 Å². The van der Waals surface area contributed by atoms with E-state index < -0.39 is 36.9 Å². The summed E-state index contributed by atoms with van der Waals surface area (Å²) in [6.45, 7) is 6.43. The fourth-order valence-corrected chi connectivity index (χ4v) is 4.95. The van der Waals surface area contributed by atoms with Crippen LogP contribution in [0.25, 0.3) is 0 Å². The van der Waals surface area contributed by atoms with Crippen LogP contribution in [0.1, 0.15) is 17.2 Å². The summed E-state index contributed by atoms with van der Waals surface area (Å²) < 4.78 is 25.0. The minimum absolute atomic E-state index is 0.0571. The second kappa shape index (κ2) is 11.8. The Bertz CT molecular complexity index is 1280. The number of anilines is 1. The van der Waals surface area contributed by atoms with Gasteiger partial charge in [0.15, 0.2) is 0 Å². The van der Waals surface area contributed by atoms with Crippen molar-refractivity contribution < 1.29 is 28.4 Å². The third-order valence-electron chi connectivity index (χ3n) is 5.45. The summed E-state index contributed by atoms with van der Waals surface area (Å²) in [5.74, 6) is -0.954. The fourth-order valence-electron chi connectivity index (χ4n) is 3.58. The molecular weight excluding hydrogens is 497 g/mol. The first kappa shape index (κ1) is 27.5. The smallest absolute Gasteiger partial charge is 0.410 e. The van der Waals surface area contributed by atoms with Crippen molar-refractivity contribution in [2.45, 2.75) is 32.3 Å². The van der Waals surface area contributed by atoms with Gasteiger partial charge in [-0.2, -0.15) is 0 Å². The second-order valence-corrected chi connectivity index (χ2v) is 14.4. The SMILES string of the molecule is COCc1ccc(C(NC(=O)Oc2ccc([N+](=O)[O-])cc2)C(=O)Nc2ccc([Si](C)(C)C)c(F)c2)cc1. The molecule has 194 valence electrons. The summed E-state index contributed by atoms with van der Waals surface area (Å²) in [5, 5.41) is 16.6. The number of ether oxygens (including phenoxy) is 2. The predicted octanol–water partition coefficient (Wildman–Crippen LogP) is 4.89. The minimum atomic E-state index is -1.91. The first-order chi connectivity index (χ1) is 17.5. The van der Waals surface area contributed by atoms with E-state index in [1.54, 1.807) is 43.5 Å². The molecular formula is C26H28FN3O6Si. The van der Waals surface area contributed by atoms with E-state index in [-0.39, 0.29) is 17.1 Å². The molecule has 0 saturated heterocycles. The van der Waals surface area contributed by atoms with Crippen molar-refractivity contribution in [2.24, 2.45) is 0 Å². The Balaban J connectivity index is 1.82.